The third-order valence-corrected chi connectivity index (χ3v) is 5.52. The van der Waals surface area contributed by atoms with Gasteiger partial charge in [0.1, 0.15) is 5.75 Å². The third kappa shape index (κ3) is 4.58. The van der Waals surface area contributed by atoms with Gasteiger partial charge in [0, 0.05) is 11.1 Å². The minimum atomic E-state index is -3.77. The zero-order chi connectivity index (χ0) is 20.1. The average Bonchev–Trinajstić information content (AvgIpc) is 2.70. The summed E-state index contributed by atoms with van der Waals surface area (Å²) >= 11 is 0. The van der Waals surface area contributed by atoms with Crippen LogP contribution in [-0.4, -0.2) is 21.2 Å². The van der Waals surface area contributed by atoms with Crippen LogP contribution in [0, 0.1) is 13.8 Å². The van der Waals surface area contributed by atoms with Crippen LogP contribution >= 0.6 is 0 Å². The van der Waals surface area contributed by atoms with Crippen molar-refractivity contribution in [2.75, 3.05) is 7.11 Å². The van der Waals surface area contributed by atoms with Crippen LogP contribution in [0.4, 0.5) is 0 Å². The van der Waals surface area contributed by atoms with Gasteiger partial charge in [-0.2, -0.15) is 18.4 Å². The highest BCUT2D eigenvalue weighted by atomic mass is 32.2. The van der Waals surface area contributed by atoms with E-state index < -0.39 is 10.0 Å². The number of hydrogen-bond acceptors (Lipinski definition) is 4. The summed E-state index contributed by atoms with van der Waals surface area (Å²) in [5.41, 5.74) is 4.20. The van der Waals surface area contributed by atoms with Crippen LogP contribution in [-0.2, 0) is 10.0 Å². The number of nitrogens with zero attached hydrogens (tertiary/aromatic N) is 1. The van der Waals surface area contributed by atoms with E-state index in [4.69, 9.17) is 4.74 Å². The summed E-state index contributed by atoms with van der Waals surface area (Å²) in [6.45, 7) is 3.90. The Bertz CT molecular complexity index is 1070. The number of hydrazone groups is 1. The average molecular weight is 394 g/mol. The zero-order valence-corrected chi connectivity index (χ0v) is 16.8. The fraction of sp³-hybridized carbons (Fsp3) is 0.136. The number of hydrogen-bond donors (Lipinski definition) is 1. The molecule has 3 rings (SSSR count). The SMILES string of the molecule is COc1ccc(/C(=N/NS(=O)(=O)c2ccc(C)cc2)c2ccc(C)cc2)cc1. The van der Waals surface area contributed by atoms with Crippen LogP contribution in [0.1, 0.15) is 22.3 Å². The number of nitrogens with one attached hydrogen (secondary N) is 1. The lowest BCUT2D eigenvalue weighted by molar-refractivity contribution is 0.415. The Morgan fingerprint density at radius 2 is 1.25 bits per heavy atom. The highest BCUT2D eigenvalue weighted by molar-refractivity contribution is 7.89. The zero-order valence-electron chi connectivity index (χ0n) is 16.0. The Labute approximate surface area is 165 Å². The fourth-order valence-corrected chi connectivity index (χ4v) is 3.44. The molecule has 0 fully saturated rings. The molecular weight excluding hydrogens is 372 g/mol. The quantitative estimate of drug-likeness (QED) is 0.507. The molecule has 3 aromatic rings. The number of rotatable bonds is 6. The number of benzene rings is 3. The molecule has 0 radical (unpaired) electrons. The molecule has 0 aliphatic carbocycles. The Hall–Kier alpha value is -3.12. The molecule has 0 amide bonds. The fourth-order valence-electron chi connectivity index (χ4n) is 2.63. The topological polar surface area (TPSA) is 67.8 Å². The van der Waals surface area contributed by atoms with E-state index in [0.717, 1.165) is 22.3 Å². The van der Waals surface area contributed by atoms with Crippen molar-refractivity contribution in [3.05, 3.63) is 95.1 Å². The van der Waals surface area contributed by atoms with E-state index in [-0.39, 0.29) is 4.90 Å². The van der Waals surface area contributed by atoms with Crippen molar-refractivity contribution in [3.8, 4) is 5.75 Å². The van der Waals surface area contributed by atoms with Crippen LogP contribution < -0.4 is 9.57 Å². The lowest BCUT2D eigenvalue weighted by Gasteiger charge is -2.10. The molecule has 0 spiro atoms. The molecule has 28 heavy (non-hydrogen) atoms. The van der Waals surface area contributed by atoms with E-state index in [1.54, 1.807) is 31.4 Å². The molecule has 0 heterocycles. The van der Waals surface area contributed by atoms with Crippen molar-refractivity contribution in [2.24, 2.45) is 5.10 Å². The molecule has 0 aliphatic rings. The van der Waals surface area contributed by atoms with E-state index in [9.17, 15) is 8.42 Å². The minimum absolute atomic E-state index is 0.167. The maximum Gasteiger partial charge on any atom is 0.276 e. The summed E-state index contributed by atoms with van der Waals surface area (Å²) in [7, 11) is -2.17. The van der Waals surface area contributed by atoms with Gasteiger partial charge >= 0.3 is 0 Å². The smallest absolute Gasteiger partial charge is 0.276 e. The van der Waals surface area contributed by atoms with Crippen molar-refractivity contribution in [1.29, 1.82) is 0 Å². The minimum Gasteiger partial charge on any atom is -0.497 e. The lowest BCUT2D eigenvalue weighted by Crippen LogP contribution is -2.21. The first-order valence-electron chi connectivity index (χ1n) is 8.77. The number of sulfonamides is 1. The maximum atomic E-state index is 12.6. The summed E-state index contributed by atoms with van der Waals surface area (Å²) in [5.74, 6) is 0.715. The predicted octanol–water partition coefficient (Wildman–Crippen LogP) is 4.04. The highest BCUT2D eigenvalue weighted by Crippen LogP contribution is 2.17. The predicted molar refractivity (Wildman–Crippen MR) is 111 cm³/mol. The van der Waals surface area contributed by atoms with Gasteiger partial charge in [-0.3, -0.25) is 0 Å². The van der Waals surface area contributed by atoms with E-state index in [1.807, 2.05) is 62.4 Å². The second kappa shape index (κ2) is 8.27. The van der Waals surface area contributed by atoms with Crippen LogP contribution in [0.3, 0.4) is 0 Å². The van der Waals surface area contributed by atoms with Gasteiger partial charge in [0.15, 0.2) is 0 Å². The van der Waals surface area contributed by atoms with E-state index in [2.05, 4.69) is 9.93 Å². The molecule has 0 saturated heterocycles. The van der Waals surface area contributed by atoms with Gasteiger partial charge in [0.25, 0.3) is 10.0 Å². The Kier molecular flexibility index (Phi) is 5.80. The van der Waals surface area contributed by atoms with Crippen LogP contribution in [0.2, 0.25) is 0 Å². The monoisotopic (exact) mass is 394 g/mol. The summed E-state index contributed by atoms with van der Waals surface area (Å²) < 4.78 is 30.5. The first-order valence-corrected chi connectivity index (χ1v) is 10.2. The first kappa shape index (κ1) is 19.6. The summed E-state index contributed by atoms with van der Waals surface area (Å²) in [6.07, 6.45) is 0. The summed E-state index contributed by atoms with van der Waals surface area (Å²) in [4.78, 5) is 2.53. The standard InChI is InChI=1S/C22H22N2O3S/c1-16-4-8-18(9-5-16)22(19-10-12-20(27-3)13-11-19)23-24-28(25,26)21-14-6-17(2)7-15-21/h4-15,24H,1-3H3/b23-22+. The van der Waals surface area contributed by atoms with E-state index in [0.29, 0.717) is 11.5 Å². The lowest BCUT2D eigenvalue weighted by atomic mass is 10.0. The number of methoxy groups -OCH3 is 1. The van der Waals surface area contributed by atoms with Crippen molar-refractivity contribution in [2.45, 2.75) is 18.7 Å². The van der Waals surface area contributed by atoms with Crippen molar-refractivity contribution >= 4 is 15.7 Å². The molecule has 0 bridgehead atoms. The van der Waals surface area contributed by atoms with Gasteiger partial charge in [0.2, 0.25) is 0 Å². The Morgan fingerprint density at radius 1 is 0.786 bits per heavy atom. The van der Waals surface area contributed by atoms with E-state index >= 15 is 0 Å². The highest BCUT2D eigenvalue weighted by Gasteiger charge is 2.14. The van der Waals surface area contributed by atoms with Gasteiger partial charge in [-0.05, 0) is 50.2 Å². The third-order valence-electron chi connectivity index (χ3n) is 4.30. The van der Waals surface area contributed by atoms with Crippen molar-refractivity contribution in [1.82, 2.24) is 4.83 Å². The molecular formula is C22H22N2O3S. The van der Waals surface area contributed by atoms with Crippen molar-refractivity contribution < 1.29 is 13.2 Å². The van der Waals surface area contributed by atoms with Gasteiger partial charge < -0.3 is 4.74 Å². The molecule has 0 aliphatic heterocycles. The van der Waals surface area contributed by atoms with Gasteiger partial charge in [-0.1, -0.05) is 47.5 Å². The Morgan fingerprint density at radius 3 is 1.75 bits per heavy atom. The summed E-state index contributed by atoms with van der Waals surface area (Å²) in [6, 6.07) is 21.7. The van der Waals surface area contributed by atoms with Gasteiger partial charge in [0.05, 0.1) is 17.7 Å². The van der Waals surface area contributed by atoms with Gasteiger partial charge in [-0.15, -0.1) is 0 Å². The largest absolute Gasteiger partial charge is 0.497 e. The molecule has 0 unspecified atom stereocenters. The van der Waals surface area contributed by atoms with Crippen LogP contribution in [0.25, 0.3) is 0 Å². The molecule has 0 atom stereocenters. The number of aryl methyl sites for hydroxylation is 2. The maximum absolute atomic E-state index is 12.6. The molecule has 6 heteroatoms. The van der Waals surface area contributed by atoms with E-state index in [1.165, 1.54) is 0 Å². The van der Waals surface area contributed by atoms with Crippen molar-refractivity contribution in [3.63, 3.8) is 0 Å². The summed E-state index contributed by atoms with van der Waals surface area (Å²) in [5, 5.41) is 4.26. The second-order valence-corrected chi connectivity index (χ2v) is 8.12. The molecule has 3 aromatic carbocycles. The molecule has 144 valence electrons. The molecule has 1 N–H and O–H groups in total. The first-order chi connectivity index (χ1) is 13.4. The molecule has 0 aromatic heterocycles. The normalized spacial score (nSPS) is 11.9. The van der Waals surface area contributed by atoms with Crippen LogP contribution in [0.15, 0.2) is 82.8 Å². The molecule has 0 saturated carbocycles. The molecule has 5 nitrogen and oxygen atoms in total. The Balaban J connectivity index is 2.00. The number of ether oxygens (including phenoxy) is 1. The van der Waals surface area contributed by atoms with Crippen LogP contribution in [0.5, 0.6) is 5.75 Å². The van der Waals surface area contributed by atoms with Gasteiger partial charge in [-0.25, -0.2) is 0 Å². The second-order valence-electron chi connectivity index (χ2n) is 6.46.